The number of nitrogens with two attached hydrogens (primary N) is 1. The maximum Gasteiger partial charge on any atom is 0.263 e. The summed E-state index contributed by atoms with van der Waals surface area (Å²) in [7, 11) is 1.66. The monoisotopic (exact) mass is 358 g/mol. The summed E-state index contributed by atoms with van der Waals surface area (Å²) in [6.07, 6.45) is 0.856. The number of piperidine rings is 1. The average Bonchev–Trinajstić information content (AvgIpc) is 2.98. The molecule has 0 spiro atoms. The lowest BCUT2D eigenvalue weighted by molar-refractivity contribution is 0.0537. The Morgan fingerprint density at radius 1 is 1.32 bits per heavy atom. The molecular weight excluding hydrogens is 332 g/mol. The summed E-state index contributed by atoms with van der Waals surface area (Å²) < 4.78 is 5.22. The van der Waals surface area contributed by atoms with E-state index in [0.717, 1.165) is 39.6 Å². The molecule has 5 heteroatoms. The number of likely N-dealkylation sites (tertiary alicyclic amines) is 1. The number of amides is 1. The van der Waals surface area contributed by atoms with Gasteiger partial charge in [-0.1, -0.05) is 26.0 Å². The Labute approximate surface area is 153 Å². The van der Waals surface area contributed by atoms with E-state index in [2.05, 4.69) is 20.8 Å². The molecule has 0 radical (unpaired) electrons. The van der Waals surface area contributed by atoms with Crippen LogP contribution in [0, 0.1) is 12.3 Å². The third-order valence-electron chi connectivity index (χ3n) is 5.13. The summed E-state index contributed by atoms with van der Waals surface area (Å²) in [5.41, 5.74) is 8.37. The molecule has 1 unspecified atom stereocenters. The lowest BCUT2D eigenvalue weighted by atomic mass is 9.79. The van der Waals surface area contributed by atoms with Crippen LogP contribution in [-0.2, 0) is 0 Å². The molecule has 0 saturated carbocycles. The Morgan fingerprint density at radius 2 is 2.00 bits per heavy atom. The molecule has 1 aliphatic heterocycles. The van der Waals surface area contributed by atoms with Crippen molar-refractivity contribution in [2.75, 3.05) is 20.2 Å². The van der Waals surface area contributed by atoms with Gasteiger partial charge in [0.05, 0.1) is 12.0 Å². The van der Waals surface area contributed by atoms with E-state index >= 15 is 0 Å². The van der Waals surface area contributed by atoms with E-state index in [1.807, 2.05) is 35.2 Å². The fourth-order valence-electron chi connectivity index (χ4n) is 3.35. The number of aryl methyl sites for hydroxylation is 1. The second kappa shape index (κ2) is 6.81. The smallest absolute Gasteiger partial charge is 0.263 e. The number of rotatable bonds is 3. The topological polar surface area (TPSA) is 55.6 Å². The molecule has 25 heavy (non-hydrogen) atoms. The molecule has 1 aliphatic rings. The molecule has 2 aromatic rings. The molecule has 2 N–H and O–H groups in total. The van der Waals surface area contributed by atoms with Gasteiger partial charge in [-0.05, 0) is 48.1 Å². The molecule has 0 bridgehead atoms. The molecule has 0 aliphatic carbocycles. The summed E-state index contributed by atoms with van der Waals surface area (Å²) in [6, 6.07) is 10.1. The van der Waals surface area contributed by atoms with Crippen LogP contribution in [0.3, 0.4) is 0 Å². The molecule has 4 nitrogen and oxygen atoms in total. The highest BCUT2D eigenvalue weighted by atomic mass is 32.1. The number of thiophene rings is 1. The first-order chi connectivity index (χ1) is 11.8. The van der Waals surface area contributed by atoms with Crippen LogP contribution in [0.2, 0.25) is 0 Å². The van der Waals surface area contributed by atoms with Crippen LogP contribution in [0.5, 0.6) is 5.75 Å². The molecule has 1 aromatic carbocycles. The Morgan fingerprint density at radius 3 is 2.60 bits per heavy atom. The molecule has 134 valence electrons. The van der Waals surface area contributed by atoms with Crippen molar-refractivity contribution in [2.24, 2.45) is 11.1 Å². The SMILES string of the molecule is COc1ccc(-c2cc(C(=O)N3CCC(N)C(C)(C)C3)sc2C)cc1. The van der Waals surface area contributed by atoms with Crippen molar-refractivity contribution >= 4 is 17.2 Å². The van der Waals surface area contributed by atoms with Crippen LogP contribution >= 0.6 is 11.3 Å². The van der Waals surface area contributed by atoms with Crippen LogP contribution in [0.1, 0.15) is 34.8 Å². The highest BCUT2D eigenvalue weighted by Gasteiger charge is 2.36. The quantitative estimate of drug-likeness (QED) is 0.904. The Bertz CT molecular complexity index is 765. The predicted octanol–water partition coefficient (Wildman–Crippen LogP) is 3.93. The van der Waals surface area contributed by atoms with E-state index in [1.165, 1.54) is 0 Å². The molecular formula is C20H26N2O2S. The maximum absolute atomic E-state index is 13.0. The number of benzene rings is 1. The predicted molar refractivity (Wildman–Crippen MR) is 103 cm³/mol. The normalized spacial score (nSPS) is 19.7. The minimum Gasteiger partial charge on any atom is -0.497 e. The molecule has 3 rings (SSSR count). The molecule has 1 aromatic heterocycles. The van der Waals surface area contributed by atoms with Crippen LogP contribution in [0.4, 0.5) is 0 Å². The molecule has 1 amide bonds. The van der Waals surface area contributed by atoms with Gasteiger partial charge < -0.3 is 15.4 Å². The number of methoxy groups -OCH3 is 1. The lowest BCUT2D eigenvalue weighted by Gasteiger charge is -2.42. The summed E-state index contributed by atoms with van der Waals surface area (Å²) >= 11 is 1.57. The summed E-state index contributed by atoms with van der Waals surface area (Å²) in [5, 5.41) is 0. The zero-order valence-electron chi connectivity index (χ0n) is 15.3. The first-order valence-electron chi connectivity index (χ1n) is 8.61. The number of hydrogen-bond donors (Lipinski definition) is 1. The van der Waals surface area contributed by atoms with E-state index in [1.54, 1.807) is 18.4 Å². The molecule has 1 fully saturated rings. The van der Waals surface area contributed by atoms with Gasteiger partial charge in [-0.25, -0.2) is 0 Å². The van der Waals surface area contributed by atoms with Crippen LogP contribution in [0.25, 0.3) is 11.1 Å². The van der Waals surface area contributed by atoms with Gasteiger partial charge in [0.1, 0.15) is 5.75 Å². The number of nitrogens with zero attached hydrogens (tertiary/aromatic N) is 1. The first-order valence-corrected chi connectivity index (χ1v) is 9.43. The van der Waals surface area contributed by atoms with Gasteiger partial charge in [0.2, 0.25) is 0 Å². The fraction of sp³-hybridized carbons (Fsp3) is 0.450. The minimum atomic E-state index is -0.0426. The first kappa shape index (κ1) is 18.0. The van der Waals surface area contributed by atoms with Crippen molar-refractivity contribution in [3.63, 3.8) is 0 Å². The van der Waals surface area contributed by atoms with Gasteiger partial charge in [0, 0.05) is 24.0 Å². The Balaban J connectivity index is 1.83. The fourth-order valence-corrected chi connectivity index (χ4v) is 4.36. The van der Waals surface area contributed by atoms with Crippen molar-refractivity contribution in [1.29, 1.82) is 0 Å². The third kappa shape index (κ3) is 3.58. The van der Waals surface area contributed by atoms with Crippen LogP contribution in [-0.4, -0.2) is 37.0 Å². The van der Waals surface area contributed by atoms with E-state index in [4.69, 9.17) is 10.5 Å². The van der Waals surface area contributed by atoms with E-state index in [-0.39, 0.29) is 17.4 Å². The van der Waals surface area contributed by atoms with Gasteiger partial charge >= 0.3 is 0 Å². The number of carbonyl (C=O) groups excluding carboxylic acids is 1. The lowest BCUT2D eigenvalue weighted by Crippen LogP contribution is -2.53. The van der Waals surface area contributed by atoms with Crippen molar-refractivity contribution in [3.8, 4) is 16.9 Å². The van der Waals surface area contributed by atoms with Crippen LogP contribution < -0.4 is 10.5 Å². The Hall–Kier alpha value is -1.85. The second-order valence-electron chi connectivity index (χ2n) is 7.42. The standard InChI is InChI=1S/C20H26N2O2S/c1-13-16(14-5-7-15(24-4)8-6-14)11-17(25-13)19(23)22-10-9-18(21)20(2,3)12-22/h5-8,11,18H,9-10,12,21H2,1-4H3. The molecule has 1 atom stereocenters. The molecule has 2 heterocycles. The minimum absolute atomic E-state index is 0.0426. The van der Waals surface area contributed by atoms with Gasteiger partial charge in [0.25, 0.3) is 5.91 Å². The second-order valence-corrected chi connectivity index (χ2v) is 8.68. The third-order valence-corrected chi connectivity index (χ3v) is 6.17. The van der Waals surface area contributed by atoms with Crippen molar-refractivity contribution in [3.05, 3.63) is 40.1 Å². The average molecular weight is 359 g/mol. The zero-order valence-corrected chi connectivity index (χ0v) is 16.2. The highest BCUT2D eigenvalue weighted by molar-refractivity contribution is 7.14. The van der Waals surface area contributed by atoms with Crippen molar-refractivity contribution in [1.82, 2.24) is 4.90 Å². The van der Waals surface area contributed by atoms with E-state index in [0.29, 0.717) is 6.54 Å². The summed E-state index contributed by atoms with van der Waals surface area (Å²) in [5.74, 6) is 0.952. The summed E-state index contributed by atoms with van der Waals surface area (Å²) in [4.78, 5) is 16.9. The highest BCUT2D eigenvalue weighted by Crippen LogP contribution is 2.34. The van der Waals surface area contributed by atoms with Gasteiger partial charge in [-0.2, -0.15) is 0 Å². The number of carbonyl (C=O) groups is 1. The van der Waals surface area contributed by atoms with Gasteiger partial charge in [-0.15, -0.1) is 11.3 Å². The van der Waals surface area contributed by atoms with Gasteiger partial charge in [-0.3, -0.25) is 4.79 Å². The Kier molecular flexibility index (Phi) is 4.89. The van der Waals surface area contributed by atoms with Crippen LogP contribution in [0.15, 0.2) is 30.3 Å². The maximum atomic E-state index is 13.0. The number of ether oxygens (including phenoxy) is 1. The number of hydrogen-bond acceptors (Lipinski definition) is 4. The summed E-state index contributed by atoms with van der Waals surface area (Å²) in [6.45, 7) is 7.79. The van der Waals surface area contributed by atoms with E-state index in [9.17, 15) is 4.79 Å². The van der Waals surface area contributed by atoms with Gasteiger partial charge in [0.15, 0.2) is 0 Å². The zero-order chi connectivity index (χ0) is 18.2. The van der Waals surface area contributed by atoms with Crippen molar-refractivity contribution < 1.29 is 9.53 Å². The molecule has 1 saturated heterocycles. The van der Waals surface area contributed by atoms with E-state index < -0.39 is 0 Å². The van der Waals surface area contributed by atoms with Crippen molar-refractivity contribution in [2.45, 2.75) is 33.2 Å². The largest absolute Gasteiger partial charge is 0.497 e.